The van der Waals surface area contributed by atoms with E-state index in [9.17, 15) is 4.79 Å². The zero-order chi connectivity index (χ0) is 12.0. The second kappa shape index (κ2) is 8.09. The average Bonchev–Trinajstić information content (AvgIpc) is 2.27. The fourth-order valence-corrected chi connectivity index (χ4v) is 1.71. The van der Waals surface area contributed by atoms with E-state index >= 15 is 0 Å². The van der Waals surface area contributed by atoms with Crippen LogP contribution < -0.4 is 5.73 Å². The summed E-state index contributed by atoms with van der Waals surface area (Å²) in [6.45, 7) is 2.05. The molecule has 1 aromatic rings. The van der Waals surface area contributed by atoms with Gasteiger partial charge in [-0.2, -0.15) is 0 Å². The summed E-state index contributed by atoms with van der Waals surface area (Å²) in [6, 6.07) is 9.47. The highest BCUT2D eigenvalue weighted by Crippen LogP contribution is 2.13. The zero-order valence-electron chi connectivity index (χ0n) is 10.0. The summed E-state index contributed by atoms with van der Waals surface area (Å²) in [4.78, 5) is 10.6. The van der Waals surface area contributed by atoms with Crippen LogP contribution in [0, 0.1) is 5.92 Å². The van der Waals surface area contributed by atoms with E-state index in [0.717, 1.165) is 12.8 Å². The SMILES string of the molecule is CC(CCc1ccccc1)C[C@H](N)C(=O)O.Cl. The number of halogens is 1. The van der Waals surface area contributed by atoms with Crippen LogP contribution in [0.25, 0.3) is 0 Å². The quantitative estimate of drug-likeness (QED) is 0.823. The predicted molar refractivity (Wildman–Crippen MR) is 71.4 cm³/mol. The Hall–Kier alpha value is -1.06. The van der Waals surface area contributed by atoms with E-state index < -0.39 is 12.0 Å². The Balaban J connectivity index is 0.00000256. The van der Waals surface area contributed by atoms with Crippen LogP contribution in [0.4, 0.5) is 0 Å². The summed E-state index contributed by atoms with van der Waals surface area (Å²) >= 11 is 0. The molecule has 0 aliphatic heterocycles. The van der Waals surface area contributed by atoms with Crippen molar-refractivity contribution in [3.05, 3.63) is 35.9 Å². The average molecular weight is 258 g/mol. The minimum atomic E-state index is -0.911. The highest BCUT2D eigenvalue weighted by molar-refractivity contribution is 5.85. The molecule has 2 atom stereocenters. The van der Waals surface area contributed by atoms with E-state index in [2.05, 4.69) is 12.1 Å². The molecule has 0 aliphatic rings. The van der Waals surface area contributed by atoms with Crippen LogP contribution in [0.15, 0.2) is 30.3 Å². The third-order valence-corrected chi connectivity index (χ3v) is 2.74. The van der Waals surface area contributed by atoms with Gasteiger partial charge in [-0.1, -0.05) is 37.3 Å². The van der Waals surface area contributed by atoms with Gasteiger partial charge in [0.15, 0.2) is 0 Å². The first kappa shape index (κ1) is 15.9. The van der Waals surface area contributed by atoms with Gasteiger partial charge in [-0.3, -0.25) is 4.79 Å². The van der Waals surface area contributed by atoms with Crippen molar-refractivity contribution in [2.45, 2.75) is 32.2 Å². The third-order valence-electron chi connectivity index (χ3n) is 2.74. The molecule has 0 fully saturated rings. The van der Waals surface area contributed by atoms with Crippen LogP contribution in [-0.4, -0.2) is 17.1 Å². The normalized spacial score (nSPS) is 13.5. The molecule has 1 aromatic carbocycles. The van der Waals surface area contributed by atoms with Gasteiger partial charge in [-0.25, -0.2) is 0 Å². The van der Waals surface area contributed by atoms with E-state index in [1.54, 1.807) is 0 Å². The molecular weight excluding hydrogens is 238 g/mol. The number of rotatable bonds is 6. The lowest BCUT2D eigenvalue weighted by Gasteiger charge is -2.13. The van der Waals surface area contributed by atoms with Crippen molar-refractivity contribution in [3.8, 4) is 0 Å². The highest BCUT2D eigenvalue weighted by atomic mass is 35.5. The van der Waals surface area contributed by atoms with Crippen molar-refractivity contribution < 1.29 is 9.90 Å². The molecular formula is C13H20ClNO2. The van der Waals surface area contributed by atoms with Gasteiger partial charge < -0.3 is 10.8 Å². The Morgan fingerprint density at radius 2 is 1.94 bits per heavy atom. The number of aliphatic carboxylic acids is 1. The molecule has 4 heteroatoms. The number of benzene rings is 1. The summed E-state index contributed by atoms with van der Waals surface area (Å²) in [6.07, 6.45) is 2.50. The van der Waals surface area contributed by atoms with Crippen molar-refractivity contribution in [2.24, 2.45) is 11.7 Å². The molecule has 1 rings (SSSR count). The van der Waals surface area contributed by atoms with E-state index in [-0.39, 0.29) is 12.4 Å². The predicted octanol–water partition coefficient (Wildman–Crippen LogP) is 2.48. The molecule has 0 spiro atoms. The lowest BCUT2D eigenvalue weighted by atomic mass is 9.95. The van der Waals surface area contributed by atoms with Crippen molar-refractivity contribution in [1.29, 1.82) is 0 Å². The second-order valence-electron chi connectivity index (χ2n) is 4.31. The maximum atomic E-state index is 10.6. The Kier molecular flexibility index (Phi) is 7.59. The molecule has 0 saturated heterocycles. The molecule has 0 radical (unpaired) electrons. The summed E-state index contributed by atoms with van der Waals surface area (Å²) in [5, 5.41) is 8.69. The Bertz CT molecular complexity index is 329. The summed E-state index contributed by atoms with van der Waals surface area (Å²) in [7, 11) is 0. The number of nitrogens with two attached hydrogens (primary N) is 1. The molecule has 0 saturated carbocycles. The molecule has 3 nitrogen and oxygen atoms in total. The Labute approximate surface area is 108 Å². The molecule has 0 heterocycles. The first-order valence-corrected chi connectivity index (χ1v) is 5.62. The monoisotopic (exact) mass is 257 g/mol. The number of carboxylic acids is 1. The Morgan fingerprint density at radius 3 is 2.47 bits per heavy atom. The molecule has 3 N–H and O–H groups in total. The summed E-state index contributed by atoms with van der Waals surface area (Å²) < 4.78 is 0. The van der Waals surface area contributed by atoms with Crippen LogP contribution in [0.2, 0.25) is 0 Å². The second-order valence-corrected chi connectivity index (χ2v) is 4.31. The Morgan fingerprint density at radius 1 is 1.35 bits per heavy atom. The van der Waals surface area contributed by atoms with Gasteiger partial charge in [-0.15, -0.1) is 12.4 Å². The van der Waals surface area contributed by atoms with Crippen LogP contribution in [0.3, 0.4) is 0 Å². The largest absolute Gasteiger partial charge is 0.480 e. The van der Waals surface area contributed by atoms with E-state index in [0.29, 0.717) is 12.3 Å². The third kappa shape index (κ3) is 6.29. The van der Waals surface area contributed by atoms with Crippen LogP contribution >= 0.6 is 12.4 Å². The fourth-order valence-electron chi connectivity index (χ4n) is 1.71. The number of carbonyl (C=O) groups is 1. The zero-order valence-corrected chi connectivity index (χ0v) is 10.8. The van der Waals surface area contributed by atoms with Crippen LogP contribution in [-0.2, 0) is 11.2 Å². The minimum absolute atomic E-state index is 0. The van der Waals surface area contributed by atoms with Gasteiger partial charge in [-0.05, 0) is 30.7 Å². The number of hydrogen-bond donors (Lipinski definition) is 2. The van der Waals surface area contributed by atoms with Crippen molar-refractivity contribution in [3.63, 3.8) is 0 Å². The van der Waals surface area contributed by atoms with Gasteiger partial charge in [0.2, 0.25) is 0 Å². The van der Waals surface area contributed by atoms with E-state index in [1.807, 2.05) is 25.1 Å². The highest BCUT2D eigenvalue weighted by Gasteiger charge is 2.15. The van der Waals surface area contributed by atoms with Gasteiger partial charge in [0, 0.05) is 0 Å². The van der Waals surface area contributed by atoms with Gasteiger partial charge >= 0.3 is 5.97 Å². The lowest BCUT2D eigenvalue weighted by molar-refractivity contribution is -0.138. The van der Waals surface area contributed by atoms with Crippen molar-refractivity contribution >= 4 is 18.4 Å². The van der Waals surface area contributed by atoms with Crippen molar-refractivity contribution in [2.75, 3.05) is 0 Å². The molecule has 96 valence electrons. The van der Waals surface area contributed by atoms with E-state index in [4.69, 9.17) is 10.8 Å². The molecule has 0 bridgehead atoms. The fraction of sp³-hybridized carbons (Fsp3) is 0.462. The van der Waals surface area contributed by atoms with Crippen LogP contribution in [0.1, 0.15) is 25.3 Å². The smallest absolute Gasteiger partial charge is 0.320 e. The first-order valence-electron chi connectivity index (χ1n) is 5.62. The van der Waals surface area contributed by atoms with Crippen molar-refractivity contribution in [1.82, 2.24) is 0 Å². The first-order chi connectivity index (χ1) is 7.59. The van der Waals surface area contributed by atoms with Gasteiger partial charge in [0.05, 0.1) is 0 Å². The minimum Gasteiger partial charge on any atom is -0.480 e. The maximum Gasteiger partial charge on any atom is 0.320 e. The number of aryl methyl sites for hydroxylation is 1. The standard InChI is InChI=1S/C13H19NO2.ClH/c1-10(9-12(14)13(15)16)7-8-11-5-3-2-4-6-11;/h2-6,10,12H,7-9,14H2,1H3,(H,15,16);1H/t10?,12-;/m0./s1. The van der Waals surface area contributed by atoms with Gasteiger partial charge in [0.1, 0.15) is 6.04 Å². The van der Waals surface area contributed by atoms with E-state index in [1.165, 1.54) is 5.56 Å². The molecule has 17 heavy (non-hydrogen) atoms. The number of carboxylic acid groups (broad SMARTS) is 1. The molecule has 0 aromatic heterocycles. The molecule has 0 amide bonds. The maximum absolute atomic E-state index is 10.6. The lowest BCUT2D eigenvalue weighted by Crippen LogP contribution is -2.31. The summed E-state index contributed by atoms with van der Waals surface area (Å²) in [5.41, 5.74) is 6.78. The van der Waals surface area contributed by atoms with Gasteiger partial charge in [0.25, 0.3) is 0 Å². The molecule has 0 aliphatic carbocycles. The topological polar surface area (TPSA) is 63.3 Å². The number of hydrogen-bond acceptors (Lipinski definition) is 2. The molecule has 1 unspecified atom stereocenters. The van der Waals surface area contributed by atoms with Crippen LogP contribution in [0.5, 0.6) is 0 Å². The summed E-state index contributed by atoms with van der Waals surface area (Å²) in [5.74, 6) is -0.571.